The Kier molecular flexibility index (Phi) is 6.33. The number of fused-ring (bicyclic) bond motifs is 1. The first-order valence-electron chi connectivity index (χ1n) is 10.8. The molecule has 0 aliphatic carbocycles. The molecule has 1 amide bonds. The second-order valence-electron chi connectivity index (χ2n) is 8.41. The molecule has 0 unspecified atom stereocenters. The minimum absolute atomic E-state index is 0.0922. The molecule has 6 nitrogen and oxygen atoms in total. The smallest absolute Gasteiger partial charge is 0.269 e. The van der Waals surface area contributed by atoms with Crippen LogP contribution in [0, 0.1) is 5.92 Å². The topological polar surface area (TPSA) is 71.0 Å². The zero-order valence-electron chi connectivity index (χ0n) is 17.7. The molecule has 1 aliphatic rings. The molecule has 0 radical (unpaired) electrons. The van der Waals surface area contributed by atoms with Gasteiger partial charge in [-0.1, -0.05) is 38.1 Å². The van der Waals surface area contributed by atoms with Crippen LogP contribution in [-0.2, 0) is 6.54 Å². The van der Waals surface area contributed by atoms with Crippen LogP contribution in [0.5, 0.6) is 0 Å². The number of carbonyl (C=O) groups is 1. The van der Waals surface area contributed by atoms with E-state index in [0.717, 1.165) is 54.8 Å². The van der Waals surface area contributed by atoms with E-state index in [2.05, 4.69) is 39.0 Å². The zero-order valence-corrected chi connectivity index (χ0v) is 17.7. The number of rotatable bonds is 6. The van der Waals surface area contributed by atoms with Crippen LogP contribution in [0.4, 0.5) is 0 Å². The van der Waals surface area contributed by atoms with Gasteiger partial charge < -0.3 is 5.32 Å². The quantitative estimate of drug-likeness (QED) is 0.678. The molecule has 2 aromatic heterocycles. The Hall–Kier alpha value is -2.86. The summed E-state index contributed by atoms with van der Waals surface area (Å²) in [7, 11) is 0. The summed E-state index contributed by atoms with van der Waals surface area (Å²) in [5.41, 5.74) is 1.57. The average molecular weight is 404 g/mol. The molecule has 3 aromatic rings. The third kappa shape index (κ3) is 5.00. The number of aromatic nitrogens is 3. The summed E-state index contributed by atoms with van der Waals surface area (Å²) >= 11 is 0. The molecule has 156 valence electrons. The summed E-state index contributed by atoms with van der Waals surface area (Å²) < 4.78 is 0. The second kappa shape index (κ2) is 9.30. The molecule has 1 fully saturated rings. The molecule has 0 spiro atoms. The number of carbonyl (C=O) groups excluding carboxylic acids is 1. The fourth-order valence-corrected chi connectivity index (χ4v) is 3.89. The van der Waals surface area contributed by atoms with Crippen LogP contribution in [0.2, 0.25) is 0 Å². The Balaban J connectivity index is 1.25. The summed E-state index contributed by atoms with van der Waals surface area (Å²) in [5.74, 6) is 1.66. The van der Waals surface area contributed by atoms with Gasteiger partial charge in [-0.2, -0.15) is 0 Å². The lowest BCUT2D eigenvalue weighted by atomic mass is 9.96. The van der Waals surface area contributed by atoms with Gasteiger partial charge in [0.2, 0.25) is 0 Å². The highest BCUT2D eigenvalue weighted by atomic mass is 16.1. The molecule has 1 N–H and O–H groups in total. The van der Waals surface area contributed by atoms with Crippen LogP contribution in [0.1, 0.15) is 54.6 Å². The molecular formula is C24H29N5O. The maximum absolute atomic E-state index is 12.5. The number of nitrogens with zero attached hydrogens (tertiary/aromatic N) is 4. The van der Waals surface area contributed by atoms with Crippen LogP contribution in [0.3, 0.4) is 0 Å². The van der Waals surface area contributed by atoms with Crippen molar-refractivity contribution in [1.82, 2.24) is 25.2 Å². The van der Waals surface area contributed by atoms with Crippen molar-refractivity contribution in [3.8, 4) is 0 Å². The summed E-state index contributed by atoms with van der Waals surface area (Å²) in [5, 5.41) is 5.16. The van der Waals surface area contributed by atoms with Gasteiger partial charge in [0.15, 0.2) is 0 Å². The lowest BCUT2D eigenvalue weighted by Crippen LogP contribution is -2.38. The fourth-order valence-electron chi connectivity index (χ4n) is 3.89. The van der Waals surface area contributed by atoms with E-state index >= 15 is 0 Å². The minimum atomic E-state index is -0.0922. The Morgan fingerprint density at radius 3 is 2.67 bits per heavy atom. The third-order valence-corrected chi connectivity index (χ3v) is 5.76. The number of likely N-dealkylation sites (tertiary alicyclic amines) is 1. The first kappa shape index (κ1) is 20.4. The molecule has 3 heterocycles. The van der Waals surface area contributed by atoms with Crippen molar-refractivity contribution >= 4 is 16.7 Å². The van der Waals surface area contributed by atoms with Gasteiger partial charge in [0.25, 0.3) is 5.91 Å². The molecule has 1 aromatic carbocycles. The van der Waals surface area contributed by atoms with Crippen LogP contribution >= 0.6 is 0 Å². The third-order valence-electron chi connectivity index (χ3n) is 5.76. The van der Waals surface area contributed by atoms with Gasteiger partial charge in [0.05, 0.1) is 5.69 Å². The number of benzene rings is 1. The number of pyridine rings is 1. The van der Waals surface area contributed by atoms with Crippen LogP contribution in [-0.4, -0.2) is 45.4 Å². The van der Waals surface area contributed by atoms with E-state index in [1.807, 2.05) is 42.6 Å². The molecule has 0 atom stereocenters. The van der Waals surface area contributed by atoms with Crippen molar-refractivity contribution < 1.29 is 4.79 Å². The maximum Gasteiger partial charge on any atom is 0.269 e. The molecule has 1 aliphatic heterocycles. The van der Waals surface area contributed by atoms with Crippen molar-refractivity contribution in [3.05, 3.63) is 66.0 Å². The minimum Gasteiger partial charge on any atom is -0.350 e. The SMILES string of the molecule is CC(C)c1nccc(CN2CCC(CNC(=O)c3cc4ccccc4cn3)CC2)n1. The summed E-state index contributed by atoms with van der Waals surface area (Å²) in [6, 6.07) is 11.8. The Morgan fingerprint density at radius 1 is 1.13 bits per heavy atom. The Bertz CT molecular complexity index is 1010. The van der Waals surface area contributed by atoms with E-state index in [9.17, 15) is 4.79 Å². The molecule has 4 rings (SSSR count). The van der Waals surface area contributed by atoms with Crippen LogP contribution in [0.25, 0.3) is 10.8 Å². The first-order valence-corrected chi connectivity index (χ1v) is 10.8. The number of hydrogen-bond acceptors (Lipinski definition) is 5. The lowest BCUT2D eigenvalue weighted by Gasteiger charge is -2.31. The van der Waals surface area contributed by atoms with Crippen molar-refractivity contribution in [1.29, 1.82) is 0 Å². The highest BCUT2D eigenvalue weighted by molar-refractivity contribution is 5.96. The van der Waals surface area contributed by atoms with E-state index in [-0.39, 0.29) is 5.91 Å². The lowest BCUT2D eigenvalue weighted by molar-refractivity contribution is 0.0930. The monoisotopic (exact) mass is 403 g/mol. The van der Waals surface area contributed by atoms with Crippen LogP contribution in [0.15, 0.2) is 48.8 Å². The highest BCUT2D eigenvalue weighted by Gasteiger charge is 2.21. The number of piperidine rings is 1. The van der Waals surface area contributed by atoms with E-state index in [1.54, 1.807) is 6.20 Å². The second-order valence-corrected chi connectivity index (χ2v) is 8.41. The standard InChI is InChI=1S/C24H29N5O/c1-17(2)23-25-10-7-21(28-23)16-29-11-8-18(9-12-29)14-27-24(30)22-13-19-5-3-4-6-20(19)15-26-22/h3-7,10,13,15,17-18H,8-9,11-12,14,16H2,1-2H3,(H,27,30). The van der Waals surface area contributed by atoms with Crippen LogP contribution < -0.4 is 5.32 Å². The van der Waals surface area contributed by atoms with Crippen molar-refractivity contribution in [2.24, 2.45) is 5.92 Å². The summed E-state index contributed by atoms with van der Waals surface area (Å²) in [6.07, 6.45) is 5.78. The van der Waals surface area contributed by atoms with Crippen molar-refractivity contribution in [2.45, 2.75) is 39.2 Å². The number of amides is 1. The van der Waals surface area contributed by atoms with Gasteiger partial charge in [-0.05, 0) is 49.4 Å². The predicted octanol–water partition coefficient (Wildman–Crippen LogP) is 3.79. The highest BCUT2D eigenvalue weighted by Crippen LogP contribution is 2.19. The molecule has 0 bridgehead atoms. The first-order chi connectivity index (χ1) is 14.6. The summed E-state index contributed by atoms with van der Waals surface area (Å²) in [6.45, 7) is 7.85. The summed E-state index contributed by atoms with van der Waals surface area (Å²) in [4.78, 5) is 28.3. The van der Waals surface area contributed by atoms with E-state index < -0.39 is 0 Å². The Labute approximate surface area is 177 Å². The number of hydrogen-bond donors (Lipinski definition) is 1. The van der Waals surface area contributed by atoms with Gasteiger partial charge in [-0.15, -0.1) is 0 Å². The Morgan fingerprint density at radius 2 is 1.90 bits per heavy atom. The molecule has 30 heavy (non-hydrogen) atoms. The van der Waals surface area contributed by atoms with Gasteiger partial charge in [0.1, 0.15) is 11.5 Å². The number of nitrogens with one attached hydrogen (secondary N) is 1. The molecule has 1 saturated heterocycles. The molecule has 0 saturated carbocycles. The van der Waals surface area contributed by atoms with Gasteiger partial charge in [-0.25, -0.2) is 9.97 Å². The maximum atomic E-state index is 12.5. The van der Waals surface area contributed by atoms with Gasteiger partial charge in [-0.3, -0.25) is 14.7 Å². The predicted molar refractivity (Wildman–Crippen MR) is 118 cm³/mol. The van der Waals surface area contributed by atoms with Gasteiger partial charge in [0, 0.05) is 36.8 Å². The van der Waals surface area contributed by atoms with Crippen molar-refractivity contribution in [3.63, 3.8) is 0 Å². The zero-order chi connectivity index (χ0) is 20.9. The van der Waals surface area contributed by atoms with E-state index in [4.69, 9.17) is 0 Å². The molecule has 6 heteroatoms. The van der Waals surface area contributed by atoms with E-state index in [1.165, 1.54) is 0 Å². The van der Waals surface area contributed by atoms with Crippen molar-refractivity contribution in [2.75, 3.05) is 19.6 Å². The molecular weight excluding hydrogens is 374 g/mol. The van der Waals surface area contributed by atoms with Gasteiger partial charge >= 0.3 is 0 Å². The fraction of sp³-hybridized carbons (Fsp3) is 0.417. The largest absolute Gasteiger partial charge is 0.350 e. The normalized spacial score (nSPS) is 15.6. The average Bonchev–Trinajstić information content (AvgIpc) is 2.78. The van der Waals surface area contributed by atoms with E-state index in [0.29, 0.717) is 24.1 Å².